The second-order valence-corrected chi connectivity index (χ2v) is 11.2. The third-order valence-corrected chi connectivity index (χ3v) is 7.03. The van der Waals surface area contributed by atoms with Gasteiger partial charge in [-0.3, -0.25) is 0 Å². The quantitative estimate of drug-likeness (QED) is 0.0952. The van der Waals surface area contributed by atoms with Crippen LogP contribution in [0.25, 0.3) is 0 Å². The summed E-state index contributed by atoms with van der Waals surface area (Å²) in [6, 6.07) is 0. The number of aliphatic hydroxyl groups is 3. The van der Waals surface area contributed by atoms with E-state index in [-0.39, 0.29) is 69.3 Å². The highest BCUT2D eigenvalue weighted by atomic mass is 32.2. The van der Waals surface area contributed by atoms with Crippen molar-refractivity contribution < 1.29 is 43.9 Å². The average molecular weight is 604 g/mol. The Bertz CT molecular complexity index is 914. The Labute approximate surface area is 239 Å². The van der Waals surface area contributed by atoms with Crippen molar-refractivity contribution in [3.05, 3.63) is 36.5 Å². The lowest BCUT2D eigenvalue weighted by molar-refractivity contribution is -0.142. The maximum atomic E-state index is 11.5. The Kier molecular flexibility index (Phi) is 16.0. The fraction of sp³-hybridized carbons (Fsp3) is 0.500. The molecule has 12 nitrogen and oxygen atoms in total. The minimum Gasteiger partial charge on any atom is -0.460 e. The monoisotopic (exact) mass is 603 g/mol. The number of thioether (sulfide) groups is 3. The molecule has 39 heavy (non-hydrogen) atoms. The summed E-state index contributed by atoms with van der Waals surface area (Å²) >= 11 is 3.25. The van der Waals surface area contributed by atoms with Gasteiger partial charge in [0, 0.05) is 34.0 Å². The lowest BCUT2D eigenvalue weighted by Gasteiger charge is -2.13. The largest absolute Gasteiger partial charge is 0.460 e. The molecule has 0 aliphatic heterocycles. The molecule has 0 saturated carbocycles. The maximum absolute atomic E-state index is 11.5. The SMILES string of the molecule is C=C(C)C(=O)OCC(O)CSc1nc(SCC(O)COC(=O)C(=C)C)nc(SCC(O)COC(=O)C(=C)C)n1. The first-order valence-corrected chi connectivity index (χ1v) is 14.4. The van der Waals surface area contributed by atoms with Crippen molar-refractivity contribution in [2.45, 2.75) is 54.6 Å². The number of hydrogen-bond donors (Lipinski definition) is 3. The van der Waals surface area contributed by atoms with E-state index in [2.05, 4.69) is 34.7 Å². The minimum absolute atomic E-state index is 0.0979. The lowest BCUT2D eigenvalue weighted by Crippen LogP contribution is -2.22. The van der Waals surface area contributed by atoms with Crippen LogP contribution in [0.3, 0.4) is 0 Å². The van der Waals surface area contributed by atoms with Crippen LogP contribution in [0.1, 0.15) is 20.8 Å². The van der Waals surface area contributed by atoms with Crippen molar-refractivity contribution in [1.82, 2.24) is 15.0 Å². The van der Waals surface area contributed by atoms with Gasteiger partial charge < -0.3 is 29.5 Å². The summed E-state index contributed by atoms with van der Waals surface area (Å²) < 4.78 is 14.8. The summed E-state index contributed by atoms with van der Waals surface area (Å²) in [4.78, 5) is 47.5. The van der Waals surface area contributed by atoms with E-state index in [1.165, 1.54) is 20.8 Å². The smallest absolute Gasteiger partial charge is 0.333 e. The van der Waals surface area contributed by atoms with Crippen LogP contribution in [-0.2, 0) is 28.6 Å². The molecule has 0 radical (unpaired) electrons. The van der Waals surface area contributed by atoms with Crippen molar-refractivity contribution in [3.63, 3.8) is 0 Å². The highest BCUT2D eigenvalue weighted by Gasteiger charge is 2.17. The molecule has 3 unspecified atom stereocenters. The zero-order chi connectivity index (χ0) is 29.5. The molecule has 1 aromatic rings. The maximum Gasteiger partial charge on any atom is 0.333 e. The normalized spacial score (nSPS) is 13.1. The Morgan fingerprint density at radius 2 is 0.846 bits per heavy atom. The molecule has 0 amide bonds. The number of rotatable bonds is 18. The number of carbonyl (C=O) groups is 3. The lowest BCUT2D eigenvalue weighted by atomic mass is 10.3. The van der Waals surface area contributed by atoms with E-state index < -0.39 is 36.2 Å². The summed E-state index contributed by atoms with van der Waals surface area (Å²) in [5, 5.41) is 31.2. The first kappa shape index (κ1) is 34.6. The first-order valence-electron chi connectivity index (χ1n) is 11.4. The molecular weight excluding hydrogens is 570 g/mol. The van der Waals surface area contributed by atoms with Crippen molar-refractivity contribution in [3.8, 4) is 0 Å². The summed E-state index contributed by atoms with van der Waals surface area (Å²) in [6.45, 7) is 14.2. The Hall–Kier alpha value is -2.43. The molecule has 15 heteroatoms. The summed E-state index contributed by atoms with van der Waals surface area (Å²) in [7, 11) is 0. The van der Waals surface area contributed by atoms with Gasteiger partial charge in [-0.25, -0.2) is 14.4 Å². The highest BCUT2D eigenvalue weighted by molar-refractivity contribution is 8.00. The van der Waals surface area contributed by atoms with Crippen LogP contribution in [-0.4, -0.2) is 104 Å². The van der Waals surface area contributed by atoms with Crippen LogP contribution in [0.4, 0.5) is 0 Å². The second-order valence-electron chi connectivity index (χ2n) is 8.21. The molecule has 216 valence electrons. The Morgan fingerprint density at radius 3 is 1.05 bits per heavy atom. The number of esters is 3. The molecule has 0 aliphatic carbocycles. The van der Waals surface area contributed by atoms with E-state index in [1.54, 1.807) is 0 Å². The van der Waals surface area contributed by atoms with Gasteiger partial charge in [-0.1, -0.05) is 55.0 Å². The molecule has 3 atom stereocenters. The molecule has 0 bridgehead atoms. The minimum atomic E-state index is -1.00. The molecule has 3 N–H and O–H groups in total. The van der Waals surface area contributed by atoms with Crippen molar-refractivity contribution in [2.75, 3.05) is 37.1 Å². The van der Waals surface area contributed by atoms with Gasteiger partial charge in [-0.2, -0.15) is 15.0 Å². The van der Waals surface area contributed by atoms with E-state index in [0.29, 0.717) is 0 Å². The highest BCUT2D eigenvalue weighted by Crippen LogP contribution is 2.24. The molecule has 0 aliphatic rings. The van der Waals surface area contributed by atoms with Crippen molar-refractivity contribution in [1.29, 1.82) is 0 Å². The fourth-order valence-corrected chi connectivity index (χ4v) is 4.45. The average Bonchev–Trinajstić information content (AvgIpc) is 2.89. The molecule has 0 spiro atoms. The van der Waals surface area contributed by atoms with Crippen LogP contribution in [0, 0.1) is 0 Å². The van der Waals surface area contributed by atoms with E-state index >= 15 is 0 Å². The fourth-order valence-electron chi connectivity index (χ4n) is 2.06. The predicted octanol–water partition coefficient (Wildman–Crippen LogP) is 1.59. The first-order chi connectivity index (χ1) is 18.3. The Balaban J connectivity index is 2.83. The van der Waals surface area contributed by atoms with E-state index in [4.69, 9.17) is 14.2 Å². The van der Waals surface area contributed by atoms with Crippen molar-refractivity contribution >= 4 is 53.2 Å². The van der Waals surface area contributed by atoms with Crippen LogP contribution >= 0.6 is 35.3 Å². The zero-order valence-electron chi connectivity index (χ0n) is 22.0. The molecule has 1 rings (SSSR count). The number of aromatic nitrogens is 3. The number of aliphatic hydroxyl groups excluding tert-OH is 3. The van der Waals surface area contributed by atoms with Crippen molar-refractivity contribution in [2.24, 2.45) is 0 Å². The van der Waals surface area contributed by atoms with Crippen LogP contribution in [0.5, 0.6) is 0 Å². The van der Waals surface area contributed by atoms with Gasteiger partial charge in [0.05, 0.1) is 18.3 Å². The second kappa shape index (κ2) is 18.0. The molecule has 0 fully saturated rings. The number of hydrogen-bond acceptors (Lipinski definition) is 15. The third-order valence-electron chi connectivity index (χ3n) is 4.05. The van der Waals surface area contributed by atoms with Gasteiger partial charge in [-0.05, 0) is 20.8 Å². The van der Waals surface area contributed by atoms with E-state index in [1.807, 2.05) is 0 Å². The number of carbonyl (C=O) groups excluding carboxylic acids is 3. The Morgan fingerprint density at radius 1 is 0.615 bits per heavy atom. The van der Waals surface area contributed by atoms with Gasteiger partial charge in [-0.15, -0.1) is 0 Å². The topological polar surface area (TPSA) is 178 Å². The standard InChI is InChI=1S/C24H33N3O9S3/c1-13(2)19(31)34-7-16(28)10-37-22-25-23(38-11-17(29)8-35-20(32)14(3)4)27-24(26-22)39-12-18(30)9-36-21(33)15(5)6/h16-18,28-30H,1,3,5,7-12H2,2,4,6H3. The molecule has 1 aromatic heterocycles. The van der Waals surface area contributed by atoms with Gasteiger partial charge in [0.15, 0.2) is 15.5 Å². The number of ether oxygens (including phenoxy) is 3. The molecule has 0 saturated heterocycles. The summed E-state index contributed by atoms with van der Waals surface area (Å²) in [5.41, 5.74) is 0.636. The summed E-state index contributed by atoms with van der Waals surface area (Å²) in [6.07, 6.45) is -3.01. The van der Waals surface area contributed by atoms with Gasteiger partial charge in [0.25, 0.3) is 0 Å². The van der Waals surface area contributed by atoms with Gasteiger partial charge in [0.1, 0.15) is 19.8 Å². The third kappa shape index (κ3) is 15.1. The number of nitrogens with zero attached hydrogens (tertiary/aromatic N) is 3. The van der Waals surface area contributed by atoms with Crippen LogP contribution in [0.2, 0.25) is 0 Å². The van der Waals surface area contributed by atoms with Crippen LogP contribution in [0.15, 0.2) is 51.9 Å². The zero-order valence-corrected chi connectivity index (χ0v) is 24.4. The van der Waals surface area contributed by atoms with Gasteiger partial charge in [0.2, 0.25) is 0 Å². The molecule has 1 heterocycles. The van der Waals surface area contributed by atoms with E-state index in [9.17, 15) is 29.7 Å². The molecular formula is C24H33N3O9S3. The molecule has 0 aromatic carbocycles. The summed E-state index contributed by atoms with van der Waals surface area (Å²) in [5.74, 6) is -1.55. The van der Waals surface area contributed by atoms with Crippen LogP contribution < -0.4 is 0 Å². The predicted molar refractivity (Wildman–Crippen MR) is 147 cm³/mol. The van der Waals surface area contributed by atoms with Gasteiger partial charge >= 0.3 is 17.9 Å². The van der Waals surface area contributed by atoms with E-state index in [0.717, 1.165) is 35.3 Å².